The van der Waals surface area contributed by atoms with E-state index in [9.17, 15) is 0 Å². The Hall–Kier alpha value is -2.80. The van der Waals surface area contributed by atoms with Gasteiger partial charge in [0.2, 0.25) is 5.95 Å². The maximum atomic E-state index is 5.03. The molecule has 0 amide bonds. The molecule has 0 atom stereocenters. The Morgan fingerprint density at radius 2 is 1.83 bits per heavy atom. The van der Waals surface area contributed by atoms with Gasteiger partial charge in [0.25, 0.3) is 0 Å². The molecular weight excluding hydrogens is 292 g/mol. The predicted octanol–water partition coefficient (Wildman–Crippen LogP) is 2.53. The molecule has 0 saturated carbocycles. The van der Waals surface area contributed by atoms with Gasteiger partial charge in [-0.1, -0.05) is 17.7 Å². The van der Waals surface area contributed by atoms with E-state index in [1.165, 1.54) is 5.56 Å². The third-order valence-corrected chi connectivity index (χ3v) is 3.24. The van der Waals surface area contributed by atoms with E-state index in [2.05, 4.69) is 30.6 Å². The molecule has 0 bridgehead atoms. The molecule has 3 rings (SSSR count). The van der Waals surface area contributed by atoms with Gasteiger partial charge in [0.1, 0.15) is 0 Å². The van der Waals surface area contributed by atoms with Crippen LogP contribution in [0.3, 0.4) is 0 Å². The quantitative estimate of drug-likeness (QED) is 0.677. The molecule has 2 N–H and O–H groups in total. The van der Waals surface area contributed by atoms with E-state index in [4.69, 9.17) is 4.74 Å². The third-order valence-electron chi connectivity index (χ3n) is 3.24. The number of fused-ring (bicyclic) bond motifs is 1. The zero-order valence-electron chi connectivity index (χ0n) is 13.1. The Morgan fingerprint density at radius 3 is 2.61 bits per heavy atom. The SMILES string of the molecule is COCCNc1nc(Nc2ccc(C)cc2)c2nccnc2n1. The molecule has 118 valence electrons. The molecule has 0 aliphatic carbocycles. The van der Waals surface area contributed by atoms with Crippen LogP contribution in [0.25, 0.3) is 11.2 Å². The van der Waals surface area contributed by atoms with Crippen molar-refractivity contribution in [3.05, 3.63) is 42.2 Å². The van der Waals surface area contributed by atoms with Crippen molar-refractivity contribution in [3.63, 3.8) is 0 Å². The van der Waals surface area contributed by atoms with Crippen LogP contribution >= 0.6 is 0 Å². The lowest BCUT2D eigenvalue weighted by atomic mass is 10.2. The summed E-state index contributed by atoms with van der Waals surface area (Å²) in [5.74, 6) is 1.11. The van der Waals surface area contributed by atoms with Gasteiger partial charge in [0, 0.05) is 31.7 Å². The van der Waals surface area contributed by atoms with Crippen LogP contribution in [0.1, 0.15) is 5.56 Å². The van der Waals surface area contributed by atoms with Crippen molar-refractivity contribution in [3.8, 4) is 0 Å². The first kappa shape index (κ1) is 15.1. The minimum absolute atomic E-state index is 0.490. The van der Waals surface area contributed by atoms with Crippen molar-refractivity contribution in [2.75, 3.05) is 30.9 Å². The van der Waals surface area contributed by atoms with Gasteiger partial charge in [-0.2, -0.15) is 9.97 Å². The van der Waals surface area contributed by atoms with Gasteiger partial charge in [-0.15, -0.1) is 0 Å². The van der Waals surface area contributed by atoms with Crippen molar-refractivity contribution >= 4 is 28.6 Å². The smallest absolute Gasteiger partial charge is 0.226 e. The lowest BCUT2D eigenvalue weighted by Gasteiger charge is -2.10. The Morgan fingerprint density at radius 1 is 1.04 bits per heavy atom. The maximum Gasteiger partial charge on any atom is 0.226 e. The zero-order chi connectivity index (χ0) is 16.1. The summed E-state index contributed by atoms with van der Waals surface area (Å²) >= 11 is 0. The second kappa shape index (κ2) is 6.97. The van der Waals surface area contributed by atoms with E-state index in [1.807, 2.05) is 31.2 Å². The molecule has 2 aromatic heterocycles. The Balaban J connectivity index is 1.94. The number of rotatable bonds is 6. The highest BCUT2D eigenvalue weighted by Gasteiger charge is 2.10. The second-order valence-corrected chi connectivity index (χ2v) is 5.03. The molecule has 0 radical (unpaired) electrons. The van der Waals surface area contributed by atoms with Crippen LogP contribution in [-0.2, 0) is 4.74 Å². The molecule has 0 aliphatic heterocycles. The number of ether oxygens (including phenoxy) is 1. The number of methoxy groups -OCH3 is 1. The number of benzene rings is 1. The van der Waals surface area contributed by atoms with Gasteiger partial charge in [-0.05, 0) is 19.1 Å². The van der Waals surface area contributed by atoms with Gasteiger partial charge >= 0.3 is 0 Å². The topological polar surface area (TPSA) is 84.9 Å². The van der Waals surface area contributed by atoms with E-state index in [0.29, 0.717) is 36.1 Å². The summed E-state index contributed by atoms with van der Waals surface area (Å²) in [6.07, 6.45) is 3.24. The molecule has 2 heterocycles. The van der Waals surface area contributed by atoms with Crippen molar-refractivity contribution in [1.29, 1.82) is 0 Å². The minimum atomic E-state index is 0.490. The van der Waals surface area contributed by atoms with Crippen LogP contribution in [0.2, 0.25) is 0 Å². The van der Waals surface area contributed by atoms with Crippen LogP contribution in [0.15, 0.2) is 36.7 Å². The number of anilines is 3. The average molecular weight is 310 g/mol. The lowest BCUT2D eigenvalue weighted by molar-refractivity contribution is 0.210. The second-order valence-electron chi connectivity index (χ2n) is 5.03. The standard InChI is InChI=1S/C16H18N6O/c1-11-3-5-12(6-4-11)20-15-13-14(18-8-7-17-13)21-16(22-15)19-9-10-23-2/h3-8H,9-10H2,1-2H3,(H2,18,19,20,21,22). The van der Waals surface area contributed by atoms with Crippen LogP contribution < -0.4 is 10.6 Å². The summed E-state index contributed by atoms with van der Waals surface area (Å²) in [4.78, 5) is 17.5. The molecular formula is C16H18N6O. The fraction of sp³-hybridized carbons (Fsp3) is 0.250. The fourth-order valence-electron chi connectivity index (χ4n) is 2.07. The molecule has 0 aliphatic rings. The van der Waals surface area contributed by atoms with E-state index in [-0.39, 0.29) is 0 Å². The van der Waals surface area contributed by atoms with Crippen molar-refractivity contribution < 1.29 is 4.74 Å². The first-order valence-electron chi connectivity index (χ1n) is 7.31. The molecule has 1 aromatic carbocycles. The largest absolute Gasteiger partial charge is 0.383 e. The van der Waals surface area contributed by atoms with Gasteiger partial charge in [0.05, 0.1) is 6.61 Å². The number of nitrogens with one attached hydrogen (secondary N) is 2. The molecule has 0 fully saturated rings. The highest BCUT2D eigenvalue weighted by Crippen LogP contribution is 2.22. The monoisotopic (exact) mass is 310 g/mol. The van der Waals surface area contributed by atoms with Gasteiger partial charge < -0.3 is 15.4 Å². The summed E-state index contributed by atoms with van der Waals surface area (Å²) in [6.45, 7) is 3.24. The van der Waals surface area contributed by atoms with Crippen LogP contribution in [0, 0.1) is 6.92 Å². The Kier molecular flexibility index (Phi) is 4.58. The van der Waals surface area contributed by atoms with E-state index >= 15 is 0 Å². The summed E-state index contributed by atoms with van der Waals surface area (Å²) in [5.41, 5.74) is 3.30. The molecule has 7 heteroatoms. The summed E-state index contributed by atoms with van der Waals surface area (Å²) in [5, 5.41) is 6.40. The number of hydrogen-bond donors (Lipinski definition) is 2. The predicted molar refractivity (Wildman–Crippen MR) is 90.0 cm³/mol. The molecule has 3 aromatic rings. The Bertz CT molecular complexity index is 790. The van der Waals surface area contributed by atoms with E-state index in [1.54, 1.807) is 19.5 Å². The maximum absolute atomic E-state index is 5.03. The number of hydrogen-bond acceptors (Lipinski definition) is 7. The third kappa shape index (κ3) is 3.70. The summed E-state index contributed by atoms with van der Waals surface area (Å²) in [7, 11) is 1.65. The lowest BCUT2D eigenvalue weighted by Crippen LogP contribution is -2.11. The first-order valence-corrected chi connectivity index (χ1v) is 7.31. The number of aryl methyl sites for hydroxylation is 1. The molecule has 7 nitrogen and oxygen atoms in total. The van der Waals surface area contributed by atoms with E-state index < -0.39 is 0 Å². The van der Waals surface area contributed by atoms with Crippen LogP contribution in [0.4, 0.5) is 17.5 Å². The average Bonchev–Trinajstić information content (AvgIpc) is 2.57. The van der Waals surface area contributed by atoms with Gasteiger partial charge in [0.15, 0.2) is 17.0 Å². The number of aromatic nitrogens is 4. The normalized spacial score (nSPS) is 10.7. The van der Waals surface area contributed by atoms with Crippen molar-refractivity contribution in [2.24, 2.45) is 0 Å². The van der Waals surface area contributed by atoms with Crippen molar-refractivity contribution in [2.45, 2.75) is 6.92 Å². The van der Waals surface area contributed by atoms with Gasteiger partial charge in [-0.3, -0.25) is 0 Å². The zero-order valence-corrected chi connectivity index (χ0v) is 13.1. The van der Waals surface area contributed by atoms with Crippen molar-refractivity contribution in [1.82, 2.24) is 19.9 Å². The molecule has 0 unspecified atom stereocenters. The highest BCUT2D eigenvalue weighted by atomic mass is 16.5. The fourth-order valence-corrected chi connectivity index (χ4v) is 2.07. The van der Waals surface area contributed by atoms with Crippen LogP contribution in [-0.4, -0.2) is 40.2 Å². The number of nitrogens with zero attached hydrogens (tertiary/aromatic N) is 4. The summed E-state index contributed by atoms with van der Waals surface area (Å²) < 4.78 is 5.03. The molecule has 0 spiro atoms. The molecule has 23 heavy (non-hydrogen) atoms. The Labute approximate surface area is 134 Å². The first-order chi connectivity index (χ1) is 11.3. The minimum Gasteiger partial charge on any atom is -0.383 e. The van der Waals surface area contributed by atoms with E-state index in [0.717, 1.165) is 5.69 Å². The van der Waals surface area contributed by atoms with Gasteiger partial charge in [-0.25, -0.2) is 9.97 Å². The molecule has 0 saturated heterocycles. The summed E-state index contributed by atoms with van der Waals surface area (Å²) in [6, 6.07) is 8.07. The highest BCUT2D eigenvalue weighted by molar-refractivity contribution is 5.85. The van der Waals surface area contributed by atoms with Crippen LogP contribution in [0.5, 0.6) is 0 Å².